The molecule has 1 fully saturated rings. The first-order valence-corrected chi connectivity index (χ1v) is 11.5. The number of pyridine rings is 1. The lowest BCUT2D eigenvalue weighted by Crippen LogP contribution is -2.42. The Labute approximate surface area is 181 Å². The number of guanidine groups is 1. The van der Waals surface area contributed by atoms with Crippen LogP contribution in [0.1, 0.15) is 36.2 Å². The summed E-state index contributed by atoms with van der Waals surface area (Å²) in [5.74, 6) is 1.65. The lowest BCUT2D eigenvalue weighted by Gasteiger charge is -2.27. The molecule has 4 heterocycles. The average Bonchev–Trinajstić information content (AvgIpc) is 3.56. The van der Waals surface area contributed by atoms with Crippen LogP contribution < -0.4 is 10.6 Å². The van der Waals surface area contributed by atoms with Crippen molar-refractivity contribution in [2.75, 3.05) is 26.2 Å². The molecule has 1 aliphatic rings. The fourth-order valence-electron chi connectivity index (χ4n) is 3.74. The molecule has 0 spiro atoms. The zero-order valence-electron chi connectivity index (χ0n) is 17.4. The molecule has 0 radical (unpaired) electrons. The highest BCUT2D eigenvalue weighted by Crippen LogP contribution is 2.27. The van der Waals surface area contributed by atoms with Crippen LogP contribution in [-0.2, 0) is 6.54 Å². The largest absolute Gasteiger partial charge is 0.357 e. The second-order valence-corrected chi connectivity index (χ2v) is 8.30. The molecule has 8 heteroatoms. The van der Waals surface area contributed by atoms with Crippen LogP contribution in [-0.4, -0.2) is 51.8 Å². The molecular weight excluding hydrogens is 394 g/mol. The molecule has 30 heavy (non-hydrogen) atoms. The van der Waals surface area contributed by atoms with Gasteiger partial charge in [-0.3, -0.25) is 4.90 Å². The van der Waals surface area contributed by atoms with Crippen LogP contribution in [0.25, 0.3) is 5.82 Å². The van der Waals surface area contributed by atoms with E-state index in [2.05, 4.69) is 50.1 Å². The van der Waals surface area contributed by atoms with Crippen molar-refractivity contribution >= 4 is 17.3 Å². The Morgan fingerprint density at radius 1 is 1.20 bits per heavy atom. The van der Waals surface area contributed by atoms with Crippen molar-refractivity contribution in [3.05, 3.63) is 64.7 Å². The zero-order valence-corrected chi connectivity index (χ0v) is 18.2. The van der Waals surface area contributed by atoms with Gasteiger partial charge in [0, 0.05) is 36.6 Å². The fraction of sp³-hybridized carbons (Fsp3) is 0.409. The topological polar surface area (TPSA) is 70.4 Å². The Kier molecular flexibility index (Phi) is 7.10. The van der Waals surface area contributed by atoms with Gasteiger partial charge in [0.25, 0.3) is 0 Å². The lowest BCUT2D eigenvalue weighted by atomic mass is 10.2. The minimum absolute atomic E-state index is 0.392. The van der Waals surface area contributed by atoms with E-state index in [4.69, 9.17) is 4.99 Å². The van der Waals surface area contributed by atoms with Gasteiger partial charge in [0.1, 0.15) is 0 Å². The van der Waals surface area contributed by atoms with Gasteiger partial charge < -0.3 is 10.6 Å². The van der Waals surface area contributed by atoms with Crippen molar-refractivity contribution < 1.29 is 0 Å². The smallest absolute Gasteiger partial charge is 0.191 e. The summed E-state index contributed by atoms with van der Waals surface area (Å²) in [6.45, 7) is 6.70. The van der Waals surface area contributed by atoms with E-state index < -0.39 is 0 Å². The van der Waals surface area contributed by atoms with Crippen molar-refractivity contribution in [3.63, 3.8) is 0 Å². The first-order chi connectivity index (χ1) is 14.8. The maximum absolute atomic E-state index is 4.81. The van der Waals surface area contributed by atoms with Gasteiger partial charge in [-0.15, -0.1) is 11.3 Å². The average molecular weight is 424 g/mol. The summed E-state index contributed by atoms with van der Waals surface area (Å²) < 4.78 is 1.76. The van der Waals surface area contributed by atoms with Gasteiger partial charge in [0.2, 0.25) is 0 Å². The summed E-state index contributed by atoms with van der Waals surface area (Å²) in [4.78, 5) is 13.2. The molecule has 1 saturated heterocycles. The predicted molar refractivity (Wildman–Crippen MR) is 122 cm³/mol. The molecule has 0 amide bonds. The third-order valence-corrected chi connectivity index (χ3v) is 6.20. The molecule has 4 rings (SSSR count). The van der Waals surface area contributed by atoms with Crippen LogP contribution in [0.5, 0.6) is 0 Å². The Morgan fingerprint density at radius 2 is 2.10 bits per heavy atom. The zero-order chi connectivity index (χ0) is 20.6. The standard InChI is InChI=1S/C22H29N7S/c1-2-23-22(25-16-18-8-10-24-21(15-18)29-13-6-9-27-29)26-17-19(20-7-5-14-30-20)28-11-3-4-12-28/h5-10,13-15,19H,2-4,11-12,16-17H2,1H3,(H2,23,25,26). The molecule has 0 saturated carbocycles. The van der Waals surface area contributed by atoms with Crippen molar-refractivity contribution in [1.82, 2.24) is 30.3 Å². The Bertz CT molecular complexity index is 915. The molecule has 0 aliphatic carbocycles. The number of likely N-dealkylation sites (tertiary alicyclic amines) is 1. The van der Waals surface area contributed by atoms with E-state index >= 15 is 0 Å². The summed E-state index contributed by atoms with van der Waals surface area (Å²) in [6, 6.07) is 10.7. The van der Waals surface area contributed by atoms with Gasteiger partial charge in [0.05, 0.1) is 12.6 Å². The summed E-state index contributed by atoms with van der Waals surface area (Å²) in [7, 11) is 0. The first-order valence-electron chi connectivity index (χ1n) is 10.6. The highest BCUT2D eigenvalue weighted by Gasteiger charge is 2.24. The molecule has 1 unspecified atom stereocenters. The summed E-state index contributed by atoms with van der Waals surface area (Å²) in [6.07, 6.45) is 8.03. The molecule has 3 aromatic rings. The second-order valence-electron chi connectivity index (χ2n) is 7.32. The van der Waals surface area contributed by atoms with E-state index in [1.54, 1.807) is 10.9 Å². The molecule has 7 nitrogen and oxygen atoms in total. The van der Waals surface area contributed by atoms with E-state index in [-0.39, 0.29) is 0 Å². The van der Waals surface area contributed by atoms with Crippen LogP contribution in [0.3, 0.4) is 0 Å². The van der Waals surface area contributed by atoms with Gasteiger partial charge in [-0.2, -0.15) is 5.10 Å². The second kappa shape index (κ2) is 10.4. The highest BCUT2D eigenvalue weighted by molar-refractivity contribution is 7.10. The van der Waals surface area contributed by atoms with Crippen LogP contribution in [0.2, 0.25) is 0 Å². The number of hydrogen-bond acceptors (Lipinski definition) is 5. The monoisotopic (exact) mass is 423 g/mol. The number of thiophene rings is 1. The third-order valence-electron chi connectivity index (χ3n) is 5.23. The third kappa shape index (κ3) is 5.25. The summed E-state index contributed by atoms with van der Waals surface area (Å²) >= 11 is 1.84. The van der Waals surface area contributed by atoms with Crippen LogP contribution in [0, 0.1) is 0 Å². The molecule has 158 valence electrons. The number of aromatic nitrogens is 3. The molecule has 2 N–H and O–H groups in total. The van der Waals surface area contributed by atoms with Gasteiger partial charge in [0.15, 0.2) is 11.8 Å². The van der Waals surface area contributed by atoms with Gasteiger partial charge in [-0.25, -0.2) is 14.7 Å². The number of nitrogens with one attached hydrogen (secondary N) is 2. The molecular formula is C22H29N7S. The van der Waals surface area contributed by atoms with Gasteiger partial charge in [-0.05, 0) is 68.1 Å². The SMILES string of the molecule is CCNC(=NCc1ccnc(-n2cccn2)c1)NCC(c1cccs1)N1CCCC1. The van der Waals surface area contributed by atoms with Crippen LogP contribution in [0.4, 0.5) is 0 Å². The van der Waals surface area contributed by atoms with E-state index in [1.165, 1.54) is 30.8 Å². The molecule has 0 aromatic carbocycles. The first kappa shape index (κ1) is 20.6. The van der Waals surface area contributed by atoms with Crippen molar-refractivity contribution in [2.45, 2.75) is 32.4 Å². The van der Waals surface area contributed by atoms with Gasteiger partial charge in [-0.1, -0.05) is 6.07 Å². The van der Waals surface area contributed by atoms with E-state index in [9.17, 15) is 0 Å². The predicted octanol–water partition coefficient (Wildman–Crippen LogP) is 3.22. The molecule has 1 aliphatic heterocycles. The molecule has 1 atom stereocenters. The number of hydrogen-bond donors (Lipinski definition) is 2. The molecule has 3 aromatic heterocycles. The van der Waals surface area contributed by atoms with Crippen LogP contribution in [0.15, 0.2) is 59.3 Å². The maximum Gasteiger partial charge on any atom is 0.191 e. The van der Waals surface area contributed by atoms with Crippen molar-refractivity contribution in [3.8, 4) is 5.82 Å². The number of rotatable bonds is 8. The molecule has 0 bridgehead atoms. The highest BCUT2D eigenvalue weighted by atomic mass is 32.1. The van der Waals surface area contributed by atoms with Crippen LogP contribution >= 0.6 is 11.3 Å². The maximum atomic E-state index is 4.81. The fourth-order valence-corrected chi connectivity index (χ4v) is 4.60. The Balaban J connectivity index is 1.43. The number of aliphatic imine (C=N–C) groups is 1. The minimum Gasteiger partial charge on any atom is -0.357 e. The van der Waals surface area contributed by atoms with E-state index in [0.29, 0.717) is 12.6 Å². The van der Waals surface area contributed by atoms with Crippen molar-refractivity contribution in [2.24, 2.45) is 4.99 Å². The van der Waals surface area contributed by atoms with Crippen molar-refractivity contribution in [1.29, 1.82) is 0 Å². The Morgan fingerprint density at radius 3 is 2.83 bits per heavy atom. The summed E-state index contributed by atoms with van der Waals surface area (Å²) in [5, 5.41) is 13.4. The van der Waals surface area contributed by atoms with E-state index in [0.717, 1.165) is 30.4 Å². The number of nitrogens with zero attached hydrogens (tertiary/aromatic N) is 5. The Hall–Kier alpha value is -2.71. The lowest BCUT2D eigenvalue weighted by molar-refractivity contribution is 0.249. The summed E-state index contributed by atoms with van der Waals surface area (Å²) in [5.41, 5.74) is 1.10. The quantitative estimate of drug-likeness (QED) is 0.430. The normalized spacial score (nSPS) is 16.0. The van der Waals surface area contributed by atoms with E-state index in [1.807, 2.05) is 41.9 Å². The van der Waals surface area contributed by atoms with Gasteiger partial charge >= 0.3 is 0 Å². The minimum atomic E-state index is 0.392.